The van der Waals surface area contributed by atoms with Gasteiger partial charge in [-0.2, -0.15) is 0 Å². The number of ether oxygens (including phenoxy) is 1. The first-order valence-corrected chi connectivity index (χ1v) is 5.97. The minimum absolute atomic E-state index is 0.213. The number of hydrogen-bond donors (Lipinski definition) is 1. The minimum Gasteiger partial charge on any atom is -0.490 e. The molecule has 0 radical (unpaired) electrons. The monoisotopic (exact) mass is 230 g/mol. The van der Waals surface area contributed by atoms with E-state index in [4.69, 9.17) is 4.74 Å². The van der Waals surface area contributed by atoms with Gasteiger partial charge in [0.15, 0.2) is 0 Å². The molecule has 2 heteroatoms. The third-order valence-electron chi connectivity index (χ3n) is 2.93. The summed E-state index contributed by atoms with van der Waals surface area (Å²) in [6.45, 7) is 4.31. The molecule has 2 aromatic rings. The molecule has 2 nitrogen and oxygen atoms in total. The molecule has 1 unspecified atom stereocenters. The first-order valence-electron chi connectivity index (χ1n) is 5.97. The Hall–Kier alpha value is -1.54. The molecule has 17 heavy (non-hydrogen) atoms. The van der Waals surface area contributed by atoms with Gasteiger partial charge in [-0.25, -0.2) is 0 Å². The smallest absolute Gasteiger partial charge is 0.127 e. The van der Waals surface area contributed by atoms with Gasteiger partial charge < -0.3 is 9.84 Å². The van der Waals surface area contributed by atoms with Crippen molar-refractivity contribution in [3.05, 3.63) is 42.5 Å². The highest BCUT2D eigenvalue weighted by Crippen LogP contribution is 2.25. The van der Waals surface area contributed by atoms with Crippen molar-refractivity contribution >= 4 is 10.8 Å². The molecule has 1 atom stereocenters. The fraction of sp³-hybridized carbons (Fsp3) is 0.333. The summed E-state index contributed by atoms with van der Waals surface area (Å²) in [5, 5.41) is 12.0. The zero-order valence-electron chi connectivity index (χ0n) is 10.3. The van der Waals surface area contributed by atoms with Crippen molar-refractivity contribution in [1.82, 2.24) is 0 Å². The quantitative estimate of drug-likeness (QED) is 0.873. The summed E-state index contributed by atoms with van der Waals surface area (Å²) in [5.74, 6) is 1.05. The second-order valence-corrected chi connectivity index (χ2v) is 4.60. The van der Waals surface area contributed by atoms with Gasteiger partial charge in [-0.3, -0.25) is 0 Å². The second-order valence-electron chi connectivity index (χ2n) is 4.60. The molecule has 0 fully saturated rings. The molecule has 0 heterocycles. The molecule has 0 aliphatic heterocycles. The van der Waals surface area contributed by atoms with Crippen molar-refractivity contribution in [2.45, 2.75) is 20.0 Å². The fourth-order valence-electron chi connectivity index (χ4n) is 1.69. The SMILES string of the molecule is CC(C)C(O)COc1cccc2ccccc12. The van der Waals surface area contributed by atoms with Crippen LogP contribution in [0.25, 0.3) is 10.8 Å². The topological polar surface area (TPSA) is 29.5 Å². The molecule has 0 aliphatic carbocycles. The van der Waals surface area contributed by atoms with Crippen LogP contribution in [-0.2, 0) is 0 Å². The number of rotatable bonds is 4. The average molecular weight is 230 g/mol. The van der Waals surface area contributed by atoms with Gasteiger partial charge in [0.05, 0.1) is 6.10 Å². The normalized spacial score (nSPS) is 12.9. The van der Waals surface area contributed by atoms with E-state index in [-0.39, 0.29) is 5.92 Å². The molecule has 0 saturated heterocycles. The van der Waals surface area contributed by atoms with Crippen molar-refractivity contribution in [3.63, 3.8) is 0 Å². The molecular formula is C15H18O2. The molecule has 0 aromatic heterocycles. The standard InChI is InChI=1S/C15H18O2/c1-11(2)14(16)10-17-15-9-5-7-12-6-3-4-8-13(12)15/h3-9,11,14,16H,10H2,1-2H3. The van der Waals surface area contributed by atoms with Crippen LogP contribution in [0.2, 0.25) is 0 Å². The second kappa shape index (κ2) is 5.19. The zero-order valence-corrected chi connectivity index (χ0v) is 10.3. The van der Waals surface area contributed by atoms with Gasteiger partial charge in [-0.05, 0) is 17.4 Å². The maximum Gasteiger partial charge on any atom is 0.127 e. The van der Waals surface area contributed by atoms with Gasteiger partial charge in [0, 0.05) is 5.39 Å². The van der Waals surface area contributed by atoms with E-state index in [1.54, 1.807) is 0 Å². The van der Waals surface area contributed by atoms with Crippen LogP contribution in [0.15, 0.2) is 42.5 Å². The highest BCUT2D eigenvalue weighted by Gasteiger charge is 2.10. The molecule has 0 saturated carbocycles. The highest BCUT2D eigenvalue weighted by molar-refractivity contribution is 5.88. The van der Waals surface area contributed by atoms with Crippen LogP contribution in [0, 0.1) is 5.92 Å². The Kier molecular flexibility index (Phi) is 3.64. The van der Waals surface area contributed by atoms with E-state index in [0.717, 1.165) is 16.5 Å². The summed E-state index contributed by atoms with van der Waals surface area (Å²) in [5.41, 5.74) is 0. The molecule has 0 spiro atoms. The fourth-order valence-corrected chi connectivity index (χ4v) is 1.69. The van der Waals surface area contributed by atoms with E-state index in [2.05, 4.69) is 12.1 Å². The van der Waals surface area contributed by atoms with Crippen LogP contribution in [0.3, 0.4) is 0 Å². The maximum absolute atomic E-state index is 9.73. The summed E-state index contributed by atoms with van der Waals surface area (Å²) in [6.07, 6.45) is -0.422. The van der Waals surface area contributed by atoms with Crippen molar-refractivity contribution in [2.24, 2.45) is 5.92 Å². The lowest BCUT2D eigenvalue weighted by Gasteiger charge is -2.16. The van der Waals surface area contributed by atoms with Crippen molar-refractivity contribution in [3.8, 4) is 5.75 Å². The third kappa shape index (κ3) is 2.77. The average Bonchev–Trinajstić information content (AvgIpc) is 2.35. The molecule has 2 aromatic carbocycles. The zero-order chi connectivity index (χ0) is 12.3. The van der Waals surface area contributed by atoms with Crippen LogP contribution < -0.4 is 4.74 Å². The first kappa shape index (κ1) is 11.9. The Balaban J connectivity index is 2.19. The Morgan fingerprint density at radius 1 is 1.06 bits per heavy atom. The molecule has 0 bridgehead atoms. The van der Waals surface area contributed by atoms with Gasteiger partial charge >= 0.3 is 0 Å². The Labute approximate surface area is 102 Å². The number of fused-ring (bicyclic) bond motifs is 1. The van der Waals surface area contributed by atoms with Crippen LogP contribution in [0.4, 0.5) is 0 Å². The summed E-state index contributed by atoms with van der Waals surface area (Å²) in [6, 6.07) is 14.1. The molecule has 2 rings (SSSR count). The number of benzene rings is 2. The van der Waals surface area contributed by atoms with E-state index in [0.29, 0.717) is 6.61 Å². The summed E-state index contributed by atoms with van der Waals surface area (Å²) < 4.78 is 5.69. The van der Waals surface area contributed by atoms with Gasteiger partial charge in [0.25, 0.3) is 0 Å². The van der Waals surface area contributed by atoms with E-state index in [1.807, 2.05) is 44.2 Å². The Morgan fingerprint density at radius 2 is 1.76 bits per heavy atom. The highest BCUT2D eigenvalue weighted by atomic mass is 16.5. The van der Waals surface area contributed by atoms with Gasteiger partial charge in [0.1, 0.15) is 12.4 Å². The lowest BCUT2D eigenvalue weighted by Crippen LogP contribution is -2.23. The van der Waals surface area contributed by atoms with Gasteiger partial charge in [-0.15, -0.1) is 0 Å². The largest absolute Gasteiger partial charge is 0.490 e. The Bertz CT molecular complexity index is 486. The summed E-state index contributed by atoms with van der Waals surface area (Å²) >= 11 is 0. The maximum atomic E-state index is 9.73. The molecule has 90 valence electrons. The van der Waals surface area contributed by atoms with E-state index in [9.17, 15) is 5.11 Å². The lowest BCUT2D eigenvalue weighted by atomic mass is 10.1. The lowest BCUT2D eigenvalue weighted by molar-refractivity contribution is 0.0708. The summed E-state index contributed by atoms with van der Waals surface area (Å²) in [7, 11) is 0. The van der Waals surface area contributed by atoms with Crippen LogP contribution in [0.1, 0.15) is 13.8 Å². The number of aliphatic hydroxyl groups is 1. The van der Waals surface area contributed by atoms with Crippen LogP contribution >= 0.6 is 0 Å². The van der Waals surface area contributed by atoms with E-state index in [1.165, 1.54) is 0 Å². The van der Waals surface area contributed by atoms with Crippen molar-refractivity contribution < 1.29 is 9.84 Å². The van der Waals surface area contributed by atoms with Crippen LogP contribution in [0.5, 0.6) is 5.75 Å². The summed E-state index contributed by atoms with van der Waals surface area (Å²) in [4.78, 5) is 0. The first-order chi connectivity index (χ1) is 8.18. The predicted molar refractivity (Wildman–Crippen MR) is 70.3 cm³/mol. The molecule has 1 N–H and O–H groups in total. The molecule has 0 amide bonds. The number of aliphatic hydroxyl groups excluding tert-OH is 1. The minimum atomic E-state index is -0.422. The van der Waals surface area contributed by atoms with Gasteiger partial charge in [-0.1, -0.05) is 50.2 Å². The van der Waals surface area contributed by atoms with E-state index < -0.39 is 6.10 Å². The molecular weight excluding hydrogens is 212 g/mol. The molecule has 0 aliphatic rings. The predicted octanol–water partition coefficient (Wildman–Crippen LogP) is 3.24. The van der Waals surface area contributed by atoms with Crippen LogP contribution in [-0.4, -0.2) is 17.8 Å². The van der Waals surface area contributed by atoms with Crippen molar-refractivity contribution in [2.75, 3.05) is 6.61 Å². The number of hydrogen-bond acceptors (Lipinski definition) is 2. The van der Waals surface area contributed by atoms with E-state index >= 15 is 0 Å². The Morgan fingerprint density at radius 3 is 2.53 bits per heavy atom. The third-order valence-corrected chi connectivity index (χ3v) is 2.93. The van der Waals surface area contributed by atoms with Crippen molar-refractivity contribution in [1.29, 1.82) is 0 Å². The van der Waals surface area contributed by atoms with Gasteiger partial charge in [0.2, 0.25) is 0 Å².